The van der Waals surface area contributed by atoms with Crippen LogP contribution in [0.4, 0.5) is 0 Å². The number of aliphatic hydroxyl groups excluding tert-OH is 2. The maximum absolute atomic E-state index is 10.2. The Bertz CT molecular complexity index is 355. The minimum Gasteiger partial charge on any atom is -0.395 e. The van der Waals surface area contributed by atoms with Gasteiger partial charge in [0.05, 0.1) is 12.7 Å². The molecule has 100 valence electrons. The quantitative estimate of drug-likeness (QED) is 0.855. The van der Waals surface area contributed by atoms with Crippen molar-refractivity contribution in [2.24, 2.45) is 5.92 Å². The van der Waals surface area contributed by atoms with Gasteiger partial charge in [0.15, 0.2) is 0 Å². The third-order valence-electron chi connectivity index (χ3n) is 4.01. The van der Waals surface area contributed by atoms with E-state index in [9.17, 15) is 10.2 Å². The summed E-state index contributed by atoms with van der Waals surface area (Å²) < 4.78 is 0. The van der Waals surface area contributed by atoms with Crippen molar-refractivity contribution < 1.29 is 10.2 Å². The SMILES string of the molecule is CC1CCCN(CC(O)c2ccccc2)C1CO. The molecule has 0 saturated carbocycles. The van der Waals surface area contributed by atoms with Crippen LogP contribution < -0.4 is 0 Å². The lowest BCUT2D eigenvalue weighted by Crippen LogP contribution is -2.48. The summed E-state index contributed by atoms with van der Waals surface area (Å²) in [5.74, 6) is 0.506. The second kappa shape index (κ2) is 6.32. The smallest absolute Gasteiger partial charge is 0.0917 e. The summed E-state index contributed by atoms with van der Waals surface area (Å²) in [4.78, 5) is 2.23. The zero-order valence-electron chi connectivity index (χ0n) is 11.0. The van der Waals surface area contributed by atoms with Crippen LogP contribution in [0.25, 0.3) is 0 Å². The highest BCUT2D eigenvalue weighted by Gasteiger charge is 2.29. The first-order chi connectivity index (χ1) is 8.72. The second-order valence-corrected chi connectivity index (χ2v) is 5.29. The monoisotopic (exact) mass is 249 g/mol. The van der Waals surface area contributed by atoms with E-state index in [1.807, 2.05) is 30.3 Å². The Balaban J connectivity index is 1.99. The first-order valence-electron chi connectivity index (χ1n) is 6.80. The van der Waals surface area contributed by atoms with Gasteiger partial charge in [0.2, 0.25) is 0 Å². The molecule has 1 heterocycles. The van der Waals surface area contributed by atoms with E-state index in [1.54, 1.807) is 0 Å². The highest BCUT2D eigenvalue weighted by molar-refractivity contribution is 5.17. The molecule has 1 aliphatic rings. The van der Waals surface area contributed by atoms with Crippen molar-refractivity contribution in [2.45, 2.75) is 31.9 Å². The van der Waals surface area contributed by atoms with Gasteiger partial charge < -0.3 is 10.2 Å². The van der Waals surface area contributed by atoms with Gasteiger partial charge in [-0.2, -0.15) is 0 Å². The average Bonchev–Trinajstić information content (AvgIpc) is 2.40. The highest BCUT2D eigenvalue weighted by atomic mass is 16.3. The van der Waals surface area contributed by atoms with Gasteiger partial charge in [0.25, 0.3) is 0 Å². The Morgan fingerprint density at radius 2 is 2.06 bits per heavy atom. The molecular weight excluding hydrogens is 226 g/mol. The molecule has 3 unspecified atom stereocenters. The zero-order valence-corrected chi connectivity index (χ0v) is 11.0. The number of nitrogens with zero attached hydrogens (tertiary/aromatic N) is 1. The van der Waals surface area contributed by atoms with Crippen LogP contribution in [0.5, 0.6) is 0 Å². The summed E-state index contributed by atoms with van der Waals surface area (Å²) >= 11 is 0. The number of rotatable bonds is 4. The molecule has 2 rings (SSSR count). The van der Waals surface area contributed by atoms with Crippen LogP contribution >= 0.6 is 0 Å². The lowest BCUT2D eigenvalue weighted by molar-refractivity contribution is 0.0166. The van der Waals surface area contributed by atoms with Crippen LogP contribution in [0.3, 0.4) is 0 Å². The molecule has 0 aromatic heterocycles. The molecule has 18 heavy (non-hydrogen) atoms. The number of benzene rings is 1. The fourth-order valence-electron chi connectivity index (χ4n) is 2.86. The van der Waals surface area contributed by atoms with E-state index in [4.69, 9.17) is 0 Å². The first-order valence-corrected chi connectivity index (χ1v) is 6.80. The second-order valence-electron chi connectivity index (χ2n) is 5.29. The van der Waals surface area contributed by atoms with Crippen molar-refractivity contribution in [1.29, 1.82) is 0 Å². The van der Waals surface area contributed by atoms with E-state index < -0.39 is 6.10 Å². The van der Waals surface area contributed by atoms with E-state index in [0.29, 0.717) is 12.5 Å². The van der Waals surface area contributed by atoms with E-state index in [0.717, 1.165) is 18.5 Å². The van der Waals surface area contributed by atoms with Crippen LogP contribution in [0, 0.1) is 5.92 Å². The van der Waals surface area contributed by atoms with Crippen molar-refractivity contribution in [3.8, 4) is 0 Å². The molecule has 0 aliphatic carbocycles. The number of β-amino-alcohol motifs (C(OH)–C–C–N with tert-alkyl or cyclic N) is 1. The van der Waals surface area contributed by atoms with Crippen LogP contribution in [-0.2, 0) is 0 Å². The predicted molar refractivity (Wildman–Crippen MR) is 72.2 cm³/mol. The van der Waals surface area contributed by atoms with Crippen molar-refractivity contribution in [1.82, 2.24) is 4.90 Å². The lowest BCUT2D eigenvalue weighted by Gasteiger charge is -2.40. The molecule has 0 spiro atoms. The van der Waals surface area contributed by atoms with Gasteiger partial charge in [-0.05, 0) is 30.9 Å². The molecular formula is C15H23NO2. The number of hydrogen-bond acceptors (Lipinski definition) is 3. The van der Waals surface area contributed by atoms with Crippen molar-refractivity contribution in [3.05, 3.63) is 35.9 Å². The molecule has 1 saturated heterocycles. The Morgan fingerprint density at radius 3 is 2.72 bits per heavy atom. The van der Waals surface area contributed by atoms with Crippen LogP contribution in [-0.4, -0.2) is 40.9 Å². The average molecular weight is 249 g/mol. The maximum atomic E-state index is 10.2. The largest absolute Gasteiger partial charge is 0.395 e. The number of likely N-dealkylation sites (tertiary alicyclic amines) is 1. The summed E-state index contributed by atoms with van der Waals surface area (Å²) in [6.07, 6.45) is 1.85. The summed E-state index contributed by atoms with van der Waals surface area (Å²) in [5, 5.41) is 19.7. The molecule has 1 aliphatic heterocycles. The van der Waals surface area contributed by atoms with E-state index in [-0.39, 0.29) is 12.6 Å². The summed E-state index contributed by atoms with van der Waals surface area (Å²) in [7, 11) is 0. The van der Waals surface area contributed by atoms with Gasteiger partial charge in [-0.25, -0.2) is 0 Å². The molecule has 0 radical (unpaired) electrons. The third kappa shape index (κ3) is 3.10. The Hall–Kier alpha value is -0.900. The summed E-state index contributed by atoms with van der Waals surface area (Å²) in [6, 6.07) is 9.94. The topological polar surface area (TPSA) is 43.7 Å². The fraction of sp³-hybridized carbons (Fsp3) is 0.600. The van der Waals surface area contributed by atoms with Crippen LogP contribution in [0.1, 0.15) is 31.4 Å². The van der Waals surface area contributed by atoms with Gasteiger partial charge in [-0.3, -0.25) is 4.90 Å². The van der Waals surface area contributed by atoms with Crippen molar-refractivity contribution in [3.63, 3.8) is 0 Å². The Labute approximate surface area is 109 Å². The molecule has 1 fully saturated rings. The van der Waals surface area contributed by atoms with Gasteiger partial charge in [0, 0.05) is 12.6 Å². The summed E-state index contributed by atoms with van der Waals surface area (Å²) in [5.41, 5.74) is 0.951. The summed E-state index contributed by atoms with van der Waals surface area (Å²) in [6.45, 7) is 3.95. The molecule has 2 N–H and O–H groups in total. The molecule has 1 aromatic carbocycles. The molecule has 3 atom stereocenters. The predicted octanol–water partition coefficient (Wildman–Crippen LogP) is 1.81. The normalized spacial score (nSPS) is 27.1. The minimum atomic E-state index is -0.467. The van der Waals surface area contributed by atoms with Gasteiger partial charge in [-0.1, -0.05) is 37.3 Å². The zero-order chi connectivity index (χ0) is 13.0. The van der Waals surface area contributed by atoms with Crippen LogP contribution in [0.2, 0.25) is 0 Å². The lowest BCUT2D eigenvalue weighted by atomic mass is 9.90. The highest BCUT2D eigenvalue weighted by Crippen LogP contribution is 2.25. The van der Waals surface area contributed by atoms with E-state index in [1.165, 1.54) is 6.42 Å². The van der Waals surface area contributed by atoms with Gasteiger partial charge in [0.1, 0.15) is 0 Å². The third-order valence-corrected chi connectivity index (χ3v) is 4.01. The molecule has 3 heteroatoms. The molecule has 0 bridgehead atoms. The molecule has 3 nitrogen and oxygen atoms in total. The Morgan fingerprint density at radius 1 is 1.33 bits per heavy atom. The van der Waals surface area contributed by atoms with Gasteiger partial charge in [-0.15, -0.1) is 0 Å². The first kappa shape index (κ1) is 13.5. The number of hydrogen-bond donors (Lipinski definition) is 2. The Kier molecular flexibility index (Phi) is 4.75. The standard InChI is InChI=1S/C15H23NO2/c1-12-6-5-9-16(14(12)11-17)10-15(18)13-7-3-2-4-8-13/h2-4,7-8,12,14-15,17-18H,5-6,9-11H2,1H3. The fourth-order valence-corrected chi connectivity index (χ4v) is 2.86. The van der Waals surface area contributed by atoms with Gasteiger partial charge >= 0.3 is 0 Å². The maximum Gasteiger partial charge on any atom is 0.0917 e. The van der Waals surface area contributed by atoms with E-state index >= 15 is 0 Å². The molecule has 0 amide bonds. The van der Waals surface area contributed by atoms with E-state index in [2.05, 4.69) is 11.8 Å². The van der Waals surface area contributed by atoms with Crippen LogP contribution in [0.15, 0.2) is 30.3 Å². The van der Waals surface area contributed by atoms with Crippen molar-refractivity contribution in [2.75, 3.05) is 19.7 Å². The number of aliphatic hydroxyl groups is 2. The number of piperidine rings is 1. The van der Waals surface area contributed by atoms with Crippen molar-refractivity contribution >= 4 is 0 Å². The molecule has 1 aromatic rings. The minimum absolute atomic E-state index is 0.183.